The number of halogens is 1. The molecule has 1 aliphatic heterocycles. The number of amides is 2. The average Bonchev–Trinajstić information content (AvgIpc) is 3.01. The van der Waals surface area contributed by atoms with Gasteiger partial charge in [-0.3, -0.25) is 5.32 Å². The minimum atomic E-state index is -0.264. The molecular weight excluding hydrogens is 291 g/mol. The van der Waals surface area contributed by atoms with E-state index < -0.39 is 0 Å². The quantitative estimate of drug-likeness (QED) is 0.924. The Hall–Kier alpha value is -2.02. The van der Waals surface area contributed by atoms with Crippen molar-refractivity contribution in [1.29, 1.82) is 0 Å². The molecule has 0 unspecified atom stereocenters. The third kappa shape index (κ3) is 3.18. The van der Waals surface area contributed by atoms with Crippen molar-refractivity contribution in [3.05, 3.63) is 41.2 Å². The van der Waals surface area contributed by atoms with E-state index >= 15 is 0 Å². The van der Waals surface area contributed by atoms with E-state index in [4.69, 9.17) is 0 Å². The molecule has 1 fully saturated rings. The molecule has 3 rings (SSSR count). The average molecular weight is 306 g/mol. The van der Waals surface area contributed by atoms with E-state index in [1.165, 1.54) is 23.5 Å². The summed E-state index contributed by atoms with van der Waals surface area (Å²) in [6.07, 6.45) is 2.92. The highest BCUT2D eigenvalue weighted by molar-refractivity contribution is 7.13. The largest absolute Gasteiger partial charge is 0.324 e. The summed E-state index contributed by atoms with van der Waals surface area (Å²) < 4.78 is 13.1. The standard InChI is InChI=1S/C14H15FN4OS/c15-11-6-4-10(5-7-11)12-3-1-2-8-19(12)14(20)17-13-18-16-9-21-13/h4-7,9,12H,1-3,8H2,(H,17,18,20)/t12-/m0/s1. The Balaban J connectivity index is 1.77. The lowest BCUT2D eigenvalue weighted by atomic mass is 9.95. The predicted octanol–water partition coefficient (Wildman–Crippen LogP) is 3.44. The van der Waals surface area contributed by atoms with E-state index in [1.807, 2.05) is 0 Å². The van der Waals surface area contributed by atoms with Crippen LogP contribution in [0.4, 0.5) is 14.3 Å². The summed E-state index contributed by atoms with van der Waals surface area (Å²) in [6, 6.07) is 6.16. The van der Waals surface area contributed by atoms with Gasteiger partial charge in [0.1, 0.15) is 11.3 Å². The fourth-order valence-corrected chi connectivity index (χ4v) is 3.03. The number of aromatic nitrogens is 2. The van der Waals surface area contributed by atoms with E-state index in [0.29, 0.717) is 11.7 Å². The second-order valence-corrected chi connectivity index (χ2v) is 5.76. The van der Waals surface area contributed by atoms with Crippen molar-refractivity contribution in [2.45, 2.75) is 25.3 Å². The number of urea groups is 1. The third-order valence-electron chi connectivity index (χ3n) is 3.59. The number of likely N-dealkylation sites (tertiary alicyclic amines) is 1. The van der Waals surface area contributed by atoms with E-state index in [1.54, 1.807) is 22.5 Å². The van der Waals surface area contributed by atoms with Crippen molar-refractivity contribution in [1.82, 2.24) is 15.1 Å². The monoisotopic (exact) mass is 306 g/mol. The van der Waals surface area contributed by atoms with Crippen LogP contribution in [0.15, 0.2) is 29.8 Å². The molecule has 2 aromatic rings. The first-order chi connectivity index (χ1) is 10.2. The number of benzene rings is 1. The van der Waals surface area contributed by atoms with Crippen LogP contribution in [0.25, 0.3) is 0 Å². The Morgan fingerprint density at radius 1 is 1.33 bits per heavy atom. The van der Waals surface area contributed by atoms with Gasteiger partial charge in [0, 0.05) is 6.54 Å². The van der Waals surface area contributed by atoms with Crippen LogP contribution in [0.3, 0.4) is 0 Å². The van der Waals surface area contributed by atoms with Crippen molar-refractivity contribution < 1.29 is 9.18 Å². The molecule has 0 aliphatic carbocycles. The SMILES string of the molecule is O=C(Nc1nncs1)N1CCCC[C@H]1c1ccc(F)cc1. The summed E-state index contributed by atoms with van der Waals surface area (Å²) in [5.74, 6) is -0.264. The topological polar surface area (TPSA) is 58.1 Å². The molecule has 1 aromatic carbocycles. The first kappa shape index (κ1) is 13.9. The van der Waals surface area contributed by atoms with Crippen LogP contribution in [0, 0.1) is 5.82 Å². The Bertz CT molecular complexity index is 602. The van der Waals surface area contributed by atoms with Gasteiger partial charge in [0.05, 0.1) is 6.04 Å². The summed E-state index contributed by atoms with van der Waals surface area (Å²) in [4.78, 5) is 14.2. The van der Waals surface area contributed by atoms with Crippen LogP contribution in [0.2, 0.25) is 0 Å². The summed E-state index contributed by atoms with van der Waals surface area (Å²) >= 11 is 1.28. The summed E-state index contributed by atoms with van der Waals surface area (Å²) in [7, 11) is 0. The first-order valence-electron chi connectivity index (χ1n) is 6.83. The molecule has 1 saturated heterocycles. The van der Waals surface area contributed by atoms with Crippen molar-refractivity contribution in [2.75, 3.05) is 11.9 Å². The molecular formula is C14H15FN4OS. The number of rotatable bonds is 2. The van der Waals surface area contributed by atoms with E-state index in [2.05, 4.69) is 15.5 Å². The summed E-state index contributed by atoms with van der Waals surface area (Å²) in [6.45, 7) is 0.687. The van der Waals surface area contributed by atoms with Crippen molar-refractivity contribution >= 4 is 22.5 Å². The van der Waals surface area contributed by atoms with Gasteiger partial charge in [0.2, 0.25) is 5.13 Å². The fraction of sp³-hybridized carbons (Fsp3) is 0.357. The number of carbonyl (C=O) groups is 1. The zero-order valence-electron chi connectivity index (χ0n) is 11.3. The molecule has 2 amide bonds. The smallest absolute Gasteiger partial charge is 0.317 e. The first-order valence-corrected chi connectivity index (χ1v) is 7.71. The lowest BCUT2D eigenvalue weighted by molar-refractivity contribution is 0.163. The van der Waals surface area contributed by atoms with Crippen LogP contribution >= 0.6 is 11.3 Å². The Labute approximate surface area is 125 Å². The number of nitrogens with zero attached hydrogens (tertiary/aromatic N) is 3. The lowest BCUT2D eigenvalue weighted by Crippen LogP contribution is -2.41. The normalized spacial score (nSPS) is 18.5. The lowest BCUT2D eigenvalue weighted by Gasteiger charge is -2.35. The van der Waals surface area contributed by atoms with Gasteiger partial charge in [-0.15, -0.1) is 10.2 Å². The number of piperidine rings is 1. The molecule has 5 nitrogen and oxygen atoms in total. The van der Waals surface area contributed by atoms with E-state index in [0.717, 1.165) is 24.8 Å². The maximum absolute atomic E-state index is 13.1. The Morgan fingerprint density at radius 2 is 2.14 bits per heavy atom. The molecule has 1 aromatic heterocycles. The highest BCUT2D eigenvalue weighted by atomic mass is 32.1. The van der Waals surface area contributed by atoms with Crippen molar-refractivity contribution in [3.8, 4) is 0 Å². The minimum Gasteiger partial charge on any atom is -0.317 e. The van der Waals surface area contributed by atoms with E-state index in [-0.39, 0.29) is 17.9 Å². The van der Waals surface area contributed by atoms with Crippen LogP contribution in [0.1, 0.15) is 30.9 Å². The molecule has 7 heteroatoms. The van der Waals surface area contributed by atoms with Gasteiger partial charge in [0.25, 0.3) is 0 Å². The molecule has 0 spiro atoms. The third-order valence-corrected chi connectivity index (χ3v) is 4.20. The second-order valence-electron chi connectivity index (χ2n) is 4.93. The van der Waals surface area contributed by atoms with Gasteiger partial charge in [-0.05, 0) is 37.0 Å². The molecule has 21 heavy (non-hydrogen) atoms. The van der Waals surface area contributed by atoms with Crippen LogP contribution in [-0.4, -0.2) is 27.7 Å². The fourth-order valence-electron chi connectivity index (χ4n) is 2.60. The predicted molar refractivity (Wildman–Crippen MR) is 78.6 cm³/mol. The highest BCUT2D eigenvalue weighted by Gasteiger charge is 2.28. The zero-order valence-corrected chi connectivity index (χ0v) is 12.1. The number of hydrogen-bond acceptors (Lipinski definition) is 4. The zero-order chi connectivity index (χ0) is 14.7. The molecule has 0 bridgehead atoms. The van der Waals surface area contributed by atoms with Crippen LogP contribution in [-0.2, 0) is 0 Å². The van der Waals surface area contributed by atoms with Gasteiger partial charge in [-0.25, -0.2) is 9.18 Å². The molecule has 0 saturated carbocycles. The molecule has 1 N–H and O–H groups in total. The molecule has 2 heterocycles. The molecule has 1 aliphatic rings. The van der Waals surface area contributed by atoms with Crippen LogP contribution < -0.4 is 5.32 Å². The highest BCUT2D eigenvalue weighted by Crippen LogP contribution is 2.31. The number of carbonyl (C=O) groups excluding carboxylic acids is 1. The van der Waals surface area contributed by atoms with Crippen molar-refractivity contribution in [3.63, 3.8) is 0 Å². The minimum absolute atomic E-state index is 0.0210. The molecule has 1 atom stereocenters. The van der Waals surface area contributed by atoms with Gasteiger partial charge in [-0.2, -0.15) is 0 Å². The number of nitrogens with one attached hydrogen (secondary N) is 1. The second kappa shape index (κ2) is 6.17. The molecule has 0 radical (unpaired) electrons. The van der Waals surface area contributed by atoms with Gasteiger partial charge in [0.15, 0.2) is 0 Å². The maximum atomic E-state index is 13.1. The van der Waals surface area contributed by atoms with Gasteiger partial charge in [-0.1, -0.05) is 23.5 Å². The molecule has 110 valence electrons. The Morgan fingerprint density at radius 3 is 2.86 bits per heavy atom. The maximum Gasteiger partial charge on any atom is 0.324 e. The summed E-state index contributed by atoms with van der Waals surface area (Å²) in [5, 5.41) is 10.8. The summed E-state index contributed by atoms with van der Waals surface area (Å²) in [5.41, 5.74) is 2.53. The Kier molecular flexibility index (Phi) is 4.10. The van der Waals surface area contributed by atoms with Gasteiger partial charge >= 0.3 is 6.03 Å². The van der Waals surface area contributed by atoms with Gasteiger partial charge < -0.3 is 4.90 Å². The van der Waals surface area contributed by atoms with E-state index in [9.17, 15) is 9.18 Å². The number of hydrogen-bond donors (Lipinski definition) is 1. The number of anilines is 1. The van der Waals surface area contributed by atoms with Crippen LogP contribution in [0.5, 0.6) is 0 Å². The van der Waals surface area contributed by atoms with Crippen molar-refractivity contribution in [2.24, 2.45) is 0 Å².